The average molecular weight is 266 g/mol. The summed E-state index contributed by atoms with van der Waals surface area (Å²) < 4.78 is 0. The first-order chi connectivity index (χ1) is 8.96. The summed E-state index contributed by atoms with van der Waals surface area (Å²) in [5, 5.41) is 9.67. The molecule has 3 aliphatic rings. The van der Waals surface area contributed by atoms with Crippen LogP contribution >= 0.6 is 0 Å². The molecule has 0 aromatic carbocycles. The standard InChI is InChI=1S/C14H22N2O3/c1-14(19)8-16(9-14)13(18)11-4-6-15(7-5-11)12(17)10-2-3-10/h10-11,19H,2-9H2,1H3. The summed E-state index contributed by atoms with van der Waals surface area (Å²) >= 11 is 0. The molecule has 0 aromatic heterocycles. The van der Waals surface area contributed by atoms with E-state index >= 15 is 0 Å². The van der Waals surface area contributed by atoms with Gasteiger partial charge in [-0.15, -0.1) is 0 Å². The zero-order valence-electron chi connectivity index (χ0n) is 11.5. The second kappa shape index (κ2) is 4.47. The number of carbonyl (C=O) groups is 2. The molecule has 0 spiro atoms. The van der Waals surface area contributed by atoms with Crippen LogP contribution in [0.2, 0.25) is 0 Å². The third kappa shape index (κ3) is 2.61. The number of rotatable bonds is 2. The smallest absolute Gasteiger partial charge is 0.226 e. The first kappa shape index (κ1) is 12.9. The number of hydrogen-bond acceptors (Lipinski definition) is 3. The maximum absolute atomic E-state index is 12.2. The Balaban J connectivity index is 1.47. The highest BCUT2D eigenvalue weighted by Crippen LogP contribution is 2.33. The van der Waals surface area contributed by atoms with Crippen LogP contribution in [0.3, 0.4) is 0 Å². The molecule has 2 aliphatic heterocycles. The van der Waals surface area contributed by atoms with E-state index < -0.39 is 5.60 Å². The van der Waals surface area contributed by atoms with Crippen molar-refractivity contribution in [3.05, 3.63) is 0 Å². The van der Waals surface area contributed by atoms with Crippen molar-refractivity contribution in [1.82, 2.24) is 9.80 Å². The molecule has 3 fully saturated rings. The van der Waals surface area contributed by atoms with E-state index in [0.29, 0.717) is 13.1 Å². The predicted molar refractivity (Wildman–Crippen MR) is 69.2 cm³/mol. The zero-order valence-corrected chi connectivity index (χ0v) is 11.5. The van der Waals surface area contributed by atoms with Crippen LogP contribution < -0.4 is 0 Å². The Labute approximate surface area is 113 Å². The SMILES string of the molecule is CC1(O)CN(C(=O)C2CCN(C(=O)C3CC3)CC2)C1. The maximum atomic E-state index is 12.2. The molecule has 1 aliphatic carbocycles. The Hall–Kier alpha value is -1.10. The zero-order chi connectivity index (χ0) is 13.6. The Morgan fingerprint density at radius 2 is 1.42 bits per heavy atom. The van der Waals surface area contributed by atoms with Crippen molar-refractivity contribution in [2.24, 2.45) is 11.8 Å². The van der Waals surface area contributed by atoms with Crippen molar-refractivity contribution >= 4 is 11.8 Å². The lowest BCUT2D eigenvalue weighted by Gasteiger charge is -2.46. The second-order valence-corrected chi connectivity index (χ2v) is 6.57. The molecule has 2 heterocycles. The summed E-state index contributed by atoms with van der Waals surface area (Å²) in [4.78, 5) is 27.8. The molecular weight excluding hydrogens is 244 g/mol. The first-order valence-corrected chi connectivity index (χ1v) is 7.26. The van der Waals surface area contributed by atoms with Gasteiger partial charge in [0.15, 0.2) is 0 Å². The van der Waals surface area contributed by atoms with E-state index in [1.807, 2.05) is 4.90 Å². The van der Waals surface area contributed by atoms with Crippen LogP contribution in [0.4, 0.5) is 0 Å². The minimum Gasteiger partial charge on any atom is -0.386 e. The van der Waals surface area contributed by atoms with E-state index in [1.54, 1.807) is 11.8 Å². The maximum Gasteiger partial charge on any atom is 0.226 e. The van der Waals surface area contributed by atoms with Gasteiger partial charge in [-0.05, 0) is 32.6 Å². The topological polar surface area (TPSA) is 60.9 Å². The van der Waals surface area contributed by atoms with Crippen molar-refractivity contribution in [3.63, 3.8) is 0 Å². The van der Waals surface area contributed by atoms with Crippen LogP contribution in [-0.2, 0) is 9.59 Å². The predicted octanol–water partition coefficient (Wildman–Crippen LogP) is 0.228. The molecule has 5 heteroatoms. The van der Waals surface area contributed by atoms with Gasteiger partial charge in [0.2, 0.25) is 11.8 Å². The summed E-state index contributed by atoms with van der Waals surface area (Å²) in [6, 6.07) is 0. The summed E-state index contributed by atoms with van der Waals surface area (Å²) in [6.45, 7) is 4.10. The highest BCUT2D eigenvalue weighted by Gasteiger charge is 2.42. The third-order valence-electron chi connectivity index (χ3n) is 4.46. The fraction of sp³-hybridized carbons (Fsp3) is 0.857. The molecule has 0 radical (unpaired) electrons. The molecule has 5 nitrogen and oxygen atoms in total. The Morgan fingerprint density at radius 3 is 1.89 bits per heavy atom. The summed E-state index contributed by atoms with van der Waals surface area (Å²) in [5.41, 5.74) is -0.696. The molecule has 3 rings (SSSR count). The molecule has 2 saturated heterocycles. The minimum atomic E-state index is -0.696. The number of β-amino-alcohol motifs (C(OH)–C–C–N with tert-alkyl or cyclic N) is 1. The lowest BCUT2D eigenvalue weighted by molar-refractivity contribution is -0.158. The lowest BCUT2D eigenvalue weighted by Crippen LogP contribution is -2.63. The quantitative estimate of drug-likeness (QED) is 0.778. The highest BCUT2D eigenvalue weighted by atomic mass is 16.3. The van der Waals surface area contributed by atoms with Gasteiger partial charge in [0.05, 0.1) is 18.7 Å². The molecule has 0 bridgehead atoms. The molecule has 0 unspecified atom stereocenters. The fourth-order valence-electron chi connectivity index (χ4n) is 3.13. The molecule has 2 amide bonds. The van der Waals surface area contributed by atoms with Crippen LogP contribution in [-0.4, -0.2) is 58.5 Å². The van der Waals surface area contributed by atoms with Crippen LogP contribution in [0.5, 0.6) is 0 Å². The number of amides is 2. The Morgan fingerprint density at radius 1 is 0.947 bits per heavy atom. The molecule has 1 N–H and O–H groups in total. The fourth-order valence-corrected chi connectivity index (χ4v) is 3.13. The van der Waals surface area contributed by atoms with E-state index in [4.69, 9.17) is 0 Å². The minimum absolute atomic E-state index is 0.0411. The van der Waals surface area contributed by atoms with Gasteiger partial charge in [-0.25, -0.2) is 0 Å². The summed E-state index contributed by atoms with van der Waals surface area (Å²) in [6.07, 6.45) is 3.63. The number of likely N-dealkylation sites (tertiary alicyclic amines) is 2. The van der Waals surface area contributed by atoms with Gasteiger partial charge in [0, 0.05) is 24.9 Å². The van der Waals surface area contributed by atoms with Crippen molar-refractivity contribution in [1.29, 1.82) is 0 Å². The molecule has 0 atom stereocenters. The van der Waals surface area contributed by atoms with Gasteiger partial charge in [-0.1, -0.05) is 0 Å². The molecular formula is C14H22N2O3. The van der Waals surface area contributed by atoms with Crippen molar-refractivity contribution in [2.75, 3.05) is 26.2 Å². The highest BCUT2D eigenvalue weighted by molar-refractivity contribution is 5.82. The van der Waals surface area contributed by atoms with E-state index in [0.717, 1.165) is 38.8 Å². The number of aliphatic hydroxyl groups is 1. The van der Waals surface area contributed by atoms with E-state index in [-0.39, 0.29) is 23.7 Å². The Kier molecular flexibility index (Phi) is 3.04. The van der Waals surface area contributed by atoms with Crippen LogP contribution in [0.25, 0.3) is 0 Å². The van der Waals surface area contributed by atoms with Crippen molar-refractivity contribution in [2.45, 2.75) is 38.2 Å². The number of hydrogen-bond donors (Lipinski definition) is 1. The van der Waals surface area contributed by atoms with Gasteiger partial charge >= 0.3 is 0 Å². The van der Waals surface area contributed by atoms with Gasteiger partial charge < -0.3 is 14.9 Å². The monoisotopic (exact) mass is 266 g/mol. The van der Waals surface area contributed by atoms with Gasteiger partial charge in [0.25, 0.3) is 0 Å². The second-order valence-electron chi connectivity index (χ2n) is 6.57. The van der Waals surface area contributed by atoms with Gasteiger partial charge in [-0.2, -0.15) is 0 Å². The molecule has 19 heavy (non-hydrogen) atoms. The van der Waals surface area contributed by atoms with E-state index in [1.165, 1.54) is 0 Å². The lowest BCUT2D eigenvalue weighted by atomic mass is 9.90. The average Bonchev–Trinajstić information content (AvgIpc) is 3.18. The van der Waals surface area contributed by atoms with Crippen molar-refractivity contribution < 1.29 is 14.7 Å². The van der Waals surface area contributed by atoms with Gasteiger partial charge in [0.1, 0.15) is 0 Å². The van der Waals surface area contributed by atoms with E-state index in [9.17, 15) is 14.7 Å². The number of piperidine rings is 1. The first-order valence-electron chi connectivity index (χ1n) is 7.26. The molecule has 0 aromatic rings. The van der Waals surface area contributed by atoms with E-state index in [2.05, 4.69) is 0 Å². The normalized spacial score (nSPS) is 27.1. The van der Waals surface area contributed by atoms with Gasteiger partial charge in [-0.3, -0.25) is 9.59 Å². The summed E-state index contributed by atoms with van der Waals surface area (Å²) in [7, 11) is 0. The number of carbonyl (C=O) groups excluding carboxylic acids is 2. The van der Waals surface area contributed by atoms with Crippen LogP contribution in [0, 0.1) is 11.8 Å². The largest absolute Gasteiger partial charge is 0.386 e. The number of nitrogens with zero attached hydrogens (tertiary/aromatic N) is 2. The Bertz CT molecular complexity index is 387. The van der Waals surface area contributed by atoms with Crippen molar-refractivity contribution in [3.8, 4) is 0 Å². The molecule has 106 valence electrons. The third-order valence-corrected chi connectivity index (χ3v) is 4.46. The molecule has 1 saturated carbocycles. The van der Waals surface area contributed by atoms with Crippen LogP contribution in [0.1, 0.15) is 32.6 Å². The van der Waals surface area contributed by atoms with Crippen LogP contribution in [0.15, 0.2) is 0 Å². The summed E-state index contributed by atoms with van der Waals surface area (Å²) in [5.74, 6) is 0.764.